The SMILES string of the molecule is CC[C@]1(C(=O)O)O[C@@H]1C(=O)N[C@@H](CC(C)C)C(=O)Nc1nc(-c2ccc(F)cc2)cs1. The van der Waals surface area contributed by atoms with E-state index in [1.165, 1.54) is 23.5 Å². The number of anilines is 1. The number of benzene rings is 1. The van der Waals surface area contributed by atoms with Gasteiger partial charge in [-0.15, -0.1) is 11.3 Å². The number of amides is 2. The minimum absolute atomic E-state index is 0.0950. The molecule has 0 unspecified atom stereocenters. The predicted molar refractivity (Wildman–Crippen MR) is 113 cm³/mol. The Balaban J connectivity index is 1.67. The molecule has 1 aromatic heterocycles. The fourth-order valence-electron chi connectivity index (χ4n) is 3.25. The van der Waals surface area contributed by atoms with Crippen LogP contribution < -0.4 is 10.6 Å². The normalized spacial score (nSPS) is 20.9. The zero-order chi connectivity index (χ0) is 22.8. The van der Waals surface area contributed by atoms with Crippen molar-refractivity contribution in [2.45, 2.75) is 51.4 Å². The highest BCUT2D eigenvalue weighted by Gasteiger charge is 2.65. The monoisotopic (exact) mass is 449 g/mol. The summed E-state index contributed by atoms with van der Waals surface area (Å²) in [6.45, 7) is 5.44. The number of rotatable bonds is 9. The van der Waals surface area contributed by atoms with Crippen molar-refractivity contribution in [3.63, 3.8) is 0 Å². The van der Waals surface area contributed by atoms with E-state index in [-0.39, 0.29) is 18.2 Å². The second-order valence-electron chi connectivity index (χ2n) is 7.77. The maximum absolute atomic E-state index is 13.1. The highest BCUT2D eigenvalue weighted by atomic mass is 32.1. The third kappa shape index (κ3) is 5.08. The number of aromatic nitrogens is 1. The lowest BCUT2D eigenvalue weighted by molar-refractivity contribution is -0.143. The van der Waals surface area contributed by atoms with E-state index in [2.05, 4.69) is 15.6 Å². The molecule has 8 nitrogen and oxygen atoms in total. The molecule has 2 amide bonds. The summed E-state index contributed by atoms with van der Waals surface area (Å²) < 4.78 is 18.3. The molecule has 1 aromatic carbocycles. The molecule has 10 heteroatoms. The number of hydrogen-bond donors (Lipinski definition) is 3. The number of thiazole rings is 1. The van der Waals surface area contributed by atoms with Gasteiger partial charge in [0.1, 0.15) is 11.9 Å². The molecule has 1 aliphatic heterocycles. The molecule has 0 saturated carbocycles. The molecular weight excluding hydrogens is 425 g/mol. The molecule has 0 aliphatic carbocycles. The van der Waals surface area contributed by atoms with Gasteiger partial charge in [0.2, 0.25) is 11.5 Å². The lowest BCUT2D eigenvalue weighted by Gasteiger charge is -2.19. The van der Waals surface area contributed by atoms with E-state index in [1.807, 2.05) is 13.8 Å². The average molecular weight is 450 g/mol. The Morgan fingerprint density at radius 2 is 1.97 bits per heavy atom. The molecular formula is C21H24FN3O5S. The van der Waals surface area contributed by atoms with Gasteiger partial charge in [0, 0.05) is 10.9 Å². The number of carbonyl (C=O) groups excluding carboxylic acids is 2. The highest BCUT2D eigenvalue weighted by molar-refractivity contribution is 7.14. The second kappa shape index (κ2) is 9.11. The minimum Gasteiger partial charge on any atom is -0.479 e. The number of epoxide rings is 1. The number of carboxylic acids is 1. The van der Waals surface area contributed by atoms with E-state index in [9.17, 15) is 23.9 Å². The van der Waals surface area contributed by atoms with Gasteiger partial charge < -0.3 is 20.5 Å². The van der Waals surface area contributed by atoms with Crippen molar-refractivity contribution in [3.05, 3.63) is 35.5 Å². The van der Waals surface area contributed by atoms with Gasteiger partial charge in [0.25, 0.3) is 5.91 Å². The maximum Gasteiger partial charge on any atom is 0.339 e. The van der Waals surface area contributed by atoms with Crippen LogP contribution in [0.4, 0.5) is 9.52 Å². The van der Waals surface area contributed by atoms with Crippen LogP contribution in [0.3, 0.4) is 0 Å². The summed E-state index contributed by atoms with van der Waals surface area (Å²) in [7, 11) is 0. The van der Waals surface area contributed by atoms with Gasteiger partial charge in [0.15, 0.2) is 11.2 Å². The number of nitrogens with one attached hydrogen (secondary N) is 2. The van der Waals surface area contributed by atoms with Gasteiger partial charge in [-0.3, -0.25) is 9.59 Å². The van der Waals surface area contributed by atoms with Crippen molar-refractivity contribution >= 4 is 34.3 Å². The first-order valence-corrected chi connectivity index (χ1v) is 10.8. The number of aliphatic carboxylic acids is 1. The topological polar surface area (TPSA) is 121 Å². The summed E-state index contributed by atoms with van der Waals surface area (Å²) in [4.78, 5) is 41.1. The van der Waals surface area contributed by atoms with Crippen molar-refractivity contribution in [3.8, 4) is 11.3 Å². The van der Waals surface area contributed by atoms with Crippen LogP contribution in [0.25, 0.3) is 11.3 Å². The first kappa shape index (κ1) is 22.8. The maximum atomic E-state index is 13.1. The highest BCUT2D eigenvalue weighted by Crippen LogP contribution is 2.40. The smallest absolute Gasteiger partial charge is 0.339 e. The molecule has 2 aromatic rings. The number of hydrogen-bond acceptors (Lipinski definition) is 6. The molecule has 1 fully saturated rings. The van der Waals surface area contributed by atoms with Crippen LogP contribution in [0.15, 0.2) is 29.6 Å². The Kier molecular flexibility index (Phi) is 6.71. The molecule has 2 heterocycles. The number of ether oxygens (including phenoxy) is 1. The van der Waals surface area contributed by atoms with Crippen LogP contribution in [-0.2, 0) is 19.1 Å². The van der Waals surface area contributed by atoms with E-state index in [4.69, 9.17) is 4.74 Å². The van der Waals surface area contributed by atoms with Crippen molar-refractivity contribution in [1.82, 2.24) is 10.3 Å². The Morgan fingerprint density at radius 3 is 2.52 bits per heavy atom. The quantitative estimate of drug-likeness (QED) is 0.506. The van der Waals surface area contributed by atoms with E-state index < -0.39 is 35.5 Å². The predicted octanol–water partition coefficient (Wildman–Crippen LogP) is 3.05. The lowest BCUT2D eigenvalue weighted by Crippen LogP contribution is -2.47. The largest absolute Gasteiger partial charge is 0.479 e. The van der Waals surface area contributed by atoms with Crippen molar-refractivity contribution in [2.24, 2.45) is 5.92 Å². The fourth-order valence-corrected chi connectivity index (χ4v) is 3.97. The van der Waals surface area contributed by atoms with Crippen LogP contribution in [-0.4, -0.2) is 45.6 Å². The summed E-state index contributed by atoms with van der Waals surface area (Å²) in [6.07, 6.45) is -0.623. The van der Waals surface area contributed by atoms with Gasteiger partial charge in [-0.05, 0) is 43.0 Å². The first-order chi connectivity index (χ1) is 14.7. The molecule has 31 heavy (non-hydrogen) atoms. The zero-order valence-electron chi connectivity index (χ0n) is 17.3. The van der Waals surface area contributed by atoms with E-state index in [0.29, 0.717) is 22.8 Å². The van der Waals surface area contributed by atoms with E-state index in [1.54, 1.807) is 24.4 Å². The van der Waals surface area contributed by atoms with Crippen molar-refractivity contribution in [1.29, 1.82) is 0 Å². The van der Waals surface area contributed by atoms with Gasteiger partial charge in [0.05, 0.1) is 5.69 Å². The van der Waals surface area contributed by atoms with E-state index in [0.717, 1.165) is 0 Å². The van der Waals surface area contributed by atoms with Gasteiger partial charge in [-0.1, -0.05) is 20.8 Å². The summed E-state index contributed by atoms with van der Waals surface area (Å²) in [5.41, 5.74) is -0.228. The van der Waals surface area contributed by atoms with Gasteiger partial charge >= 0.3 is 5.97 Å². The van der Waals surface area contributed by atoms with Crippen LogP contribution >= 0.6 is 11.3 Å². The third-order valence-corrected chi connectivity index (χ3v) is 5.79. The van der Waals surface area contributed by atoms with Gasteiger partial charge in [-0.25, -0.2) is 14.2 Å². The standard InChI is InChI=1S/C21H24FN3O5S/c1-4-21(19(28)29)16(30-21)18(27)23-14(9-11(2)3)17(26)25-20-24-15(10-31-20)12-5-7-13(22)8-6-12/h5-8,10-11,14,16H,4,9H2,1-3H3,(H,23,27)(H,28,29)(H,24,25,26)/t14-,16+,21-/m0/s1. The Hall–Kier alpha value is -2.85. The number of carboxylic acid groups (broad SMARTS) is 1. The van der Waals surface area contributed by atoms with Crippen molar-refractivity contribution < 1.29 is 28.6 Å². The number of carbonyl (C=O) groups is 3. The lowest BCUT2D eigenvalue weighted by atomic mass is 10.00. The molecule has 3 N–H and O–H groups in total. The van der Waals surface area contributed by atoms with Crippen LogP contribution in [0, 0.1) is 11.7 Å². The second-order valence-corrected chi connectivity index (χ2v) is 8.63. The average Bonchev–Trinajstić information content (AvgIpc) is 3.32. The molecule has 0 radical (unpaired) electrons. The molecule has 3 atom stereocenters. The number of nitrogens with zero attached hydrogens (tertiary/aromatic N) is 1. The van der Waals surface area contributed by atoms with Crippen LogP contribution in [0.2, 0.25) is 0 Å². The molecule has 0 bridgehead atoms. The summed E-state index contributed by atoms with van der Waals surface area (Å²) >= 11 is 1.21. The summed E-state index contributed by atoms with van der Waals surface area (Å²) in [5, 5.41) is 16.7. The fraction of sp³-hybridized carbons (Fsp3) is 0.429. The Morgan fingerprint density at radius 1 is 1.29 bits per heavy atom. The Bertz CT molecular complexity index is 978. The summed E-state index contributed by atoms with van der Waals surface area (Å²) in [6, 6.07) is 4.97. The molecule has 3 rings (SSSR count). The Labute approximate surface area is 182 Å². The number of halogens is 1. The molecule has 166 valence electrons. The zero-order valence-corrected chi connectivity index (χ0v) is 18.2. The summed E-state index contributed by atoms with van der Waals surface area (Å²) in [5.74, 6) is -2.54. The first-order valence-electron chi connectivity index (χ1n) is 9.90. The minimum atomic E-state index is -1.53. The van der Waals surface area contributed by atoms with Crippen LogP contribution in [0.1, 0.15) is 33.6 Å². The molecule has 1 aliphatic rings. The molecule has 0 spiro atoms. The van der Waals surface area contributed by atoms with E-state index >= 15 is 0 Å². The van der Waals surface area contributed by atoms with Gasteiger partial charge in [-0.2, -0.15) is 0 Å². The van der Waals surface area contributed by atoms with Crippen LogP contribution in [0.5, 0.6) is 0 Å². The molecule has 1 saturated heterocycles. The van der Waals surface area contributed by atoms with Crippen molar-refractivity contribution in [2.75, 3.05) is 5.32 Å². The third-order valence-electron chi connectivity index (χ3n) is 5.03.